The van der Waals surface area contributed by atoms with Gasteiger partial charge in [-0.2, -0.15) is 0 Å². The van der Waals surface area contributed by atoms with E-state index >= 15 is 0 Å². The van der Waals surface area contributed by atoms with Crippen LogP contribution in [0.3, 0.4) is 0 Å². The predicted molar refractivity (Wildman–Crippen MR) is 57.7 cm³/mol. The molecular weight excluding hydrogens is 208 g/mol. The summed E-state index contributed by atoms with van der Waals surface area (Å²) in [5, 5.41) is 11.2. The Labute approximate surface area is 92.8 Å². The smallest absolute Gasteiger partial charge is 0.333 e. The molecule has 0 aliphatic rings. The molecular formula is C11H12N2O3. The summed E-state index contributed by atoms with van der Waals surface area (Å²) in [6.07, 6.45) is 3.00. The van der Waals surface area contributed by atoms with Gasteiger partial charge in [0, 0.05) is 23.7 Å². The Balaban J connectivity index is 2.81. The molecule has 0 radical (unpaired) electrons. The molecule has 1 heterocycles. The standard InChI is InChI=1S/C11H12N2O3/c1-7(11(15)16)8(2)13-10(14)9-3-5-12-6-4-9/h3-6H,1-2H3,(H,13,14)(H,15,16). The third-order valence-corrected chi connectivity index (χ3v) is 2.13. The van der Waals surface area contributed by atoms with Crippen LogP contribution in [0.5, 0.6) is 0 Å². The SMILES string of the molecule is CC(NC(=O)c1ccncc1)=C(C)C(=O)O. The highest BCUT2D eigenvalue weighted by atomic mass is 16.4. The number of carbonyl (C=O) groups excluding carboxylic acids is 1. The fourth-order valence-electron chi connectivity index (χ4n) is 1.000. The minimum absolute atomic E-state index is 0.113. The van der Waals surface area contributed by atoms with Crippen LogP contribution in [0, 0.1) is 0 Å². The number of nitrogens with zero attached hydrogens (tertiary/aromatic N) is 1. The number of aliphatic carboxylic acids is 1. The maximum absolute atomic E-state index is 11.6. The Kier molecular flexibility index (Phi) is 3.77. The molecule has 1 aromatic rings. The van der Waals surface area contributed by atoms with Gasteiger partial charge in [-0.25, -0.2) is 4.79 Å². The minimum Gasteiger partial charge on any atom is -0.478 e. The molecule has 0 saturated carbocycles. The highest BCUT2D eigenvalue weighted by Crippen LogP contribution is 2.02. The zero-order valence-electron chi connectivity index (χ0n) is 9.02. The van der Waals surface area contributed by atoms with Crippen LogP contribution in [0.15, 0.2) is 35.8 Å². The van der Waals surface area contributed by atoms with Crippen molar-refractivity contribution in [3.63, 3.8) is 0 Å². The molecule has 0 aromatic carbocycles. The monoisotopic (exact) mass is 220 g/mol. The van der Waals surface area contributed by atoms with Gasteiger partial charge in [0.25, 0.3) is 5.91 Å². The van der Waals surface area contributed by atoms with Gasteiger partial charge in [0.2, 0.25) is 0 Å². The van der Waals surface area contributed by atoms with Gasteiger partial charge in [-0.1, -0.05) is 0 Å². The lowest BCUT2D eigenvalue weighted by molar-refractivity contribution is -0.132. The van der Waals surface area contributed by atoms with Gasteiger partial charge in [-0.15, -0.1) is 0 Å². The van der Waals surface area contributed by atoms with Crippen molar-refractivity contribution in [1.29, 1.82) is 0 Å². The summed E-state index contributed by atoms with van der Waals surface area (Å²) < 4.78 is 0. The van der Waals surface area contributed by atoms with E-state index in [0.717, 1.165) is 0 Å². The van der Waals surface area contributed by atoms with Crippen molar-refractivity contribution in [1.82, 2.24) is 10.3 Å². The first kappa shape index (κ1) is 11.9. The van der Waals surface area contributed by atoms with E-state index in [2.05, 4.69) is 10.3 Å². The highest BCUT2D eigenvalue weighted by molar-refractivity contribution is 5.96. The molecule has 0 unspecified atom stereocenters. The summed E-state index contributed by atoms with van der Waals surface area (Å²) in [5.41, 5.74) is 0.879. The number of pyridine rings is 1. The van der Waals surface area contributed by atoms with Crippen LogP contribution in [-0.2, 0) is 4.79 Å². The molecule has 2 N–H and O–H groups in total. The molecule has 0 fully saturated rings. The second kappa shape index (κ2) is 5.06. The molecule has 1 rings (SSSR count). The third kappa shape index (κ3) is 2.91. The predicted octanol–water partition coefficient (Wildman–Crippen LogP) is 1.19. The summed E-state index contributed by atoms with van der Waals surface area (Å²) in [6.45, 7) is 2.98. The van der Waals surface area contributed by atoms with E-state index < -0.39 is 5.97 Å². The summed E-state index contributed by atoms with van der Waals surface area (Å²) in [7, 11) is 0. The van der Waals surface area contributed by atoms with E-state index in [-0.39, 0.29) is 11.5 Å². The van der Waals surface area contributed by atoms with E-state index in [4.69, 9.17) is 5.11 Å². The molecule has 5 heteroatoms. The van der Waals surface area contributed by atoms with Gasteiger partial charge in [-0.3, -0.25) is 9.78 Å². The largest absolute Gasteiger partial charge is 0.478 e. The van der Waals surface area contributed by atoms with E-state index in [1.165, 1.54) is 19.3 Å². The van der Waals surface area contributed by atoms with Gasteiger partial charge in [0.1, 0.15) is 0 Å². The molecule has 0 aliphatic carbocycles. The first-order valence-electron chi connectivity index (χ1n) is 4.64. The number of carbonyl (C=O) groups is 2. The lowest BCUT2D eigenvalue weighted by Crippen LogP contribution is -2.23. The molecule has 16 heavy (non-hydrogen) atoms. The first-order valence-corrected chi connectivity index (χ1v) is 4.64. The summed E-state index contributed by atoms with van der Waals surface area (Å²) >= 11 is 0. The van der Waals surface area contributed by atoms with Crippen molar-refractivity contribution >= 4 is 11.9 Å². The number of rotatable bonds is 3. The molecule has 5 nitrogen and oxygen atoms in total. The van der Waals surface area contributed by atoms with Crippen molar-refractivity contribution in [2.45, 2.75) is 13.8 Å². The topological polar surface area (TPSA) is 79.3 Å². The second-order valence-corrected chi connectivity index (χ2v) is 3.25. The molecule has 0 spiro atoms. The van der Waals surface area contributed by atoms with Gasteiger partial charge in [0.05, 0.1) is 5.57 Å². The number of hydrogen-bond donors (Lipinski definition) is 2. The van der Waals surface area contributed by atoms with E-state index in [0.29, 0.717) is 11.3 Å². The normalized spacial score (nSPS) is 11.6. The quantitative estimate of drug-likeness (QED) is 0.750. The van der Waals surface area contributed by atoms with E-state index in [9.17, 15) is 9.59 Å². The minimum atomic E-state index is -1.05. The highest BCUT2D eigenvalue weighted by Gasteiger charge is 2.09. The number of hydrogen-bond acceptors (Lipinski definition) is 3. The number of aromatic nitrogens is 1. The average molecular weight is 220 g/mol. The number of carboxylic acid groups (broad SMARTS) is 1. The Morgan fingerprint density at radius 2 is 1.81 bits per heavy atom. The Morgan fingerprint density at radius 3 is 2.31 bits per heavy atom. The zero-order chi connectivity index (χ0) is 12.1. The van der Waals surface area contributed by atoms with Crippen molar-refractivity contribution in [3.8, 4) is 0 Å². The first-order chi connectivity index (χ1) is 7.52. The number of nitrogens with one attached hydrogen (secondary N) is 1. The van der Waals surface area contributed by atoms with Crippen LogP contribution in [-0.4, -0.2) is 22.0 Å². The summed E-state index contributed by atoms with van der Waals surface area (Å²) in [4.78, 5) is 26.0. The van der Waals surface area contributed by atoms with Crippen molar-refractivity contribution < 1.29 is 14.7 Å². The van der Waals surface area contributed by atoms with Crippen LogP contribution in [0.25, 0.3) is 0 Å². The third-order valence-electron chi connectivity index (χ3n) is 2.13. The van der Waals surface area contributed by atoms with E-state index in [1.807, 2.05) is 0 Å². The molecule has 1 amide bonds. The van der Waals surface area contributed by atoms with Gasteiger partial charge in [-0.05, 0) is 26.0 Å². The van der Waals surface area contributed by atoms with Crippen LogP contribution in [0.1, 0.15) is 24.2 Å². The molecule has 0 aliphatic heterocycles. The lowest BCUT2D eigenvalue weighted by atomic mass is 10.2. The fraction of sp³-hybridized carbons (Fsp3) is 0.182. The maximum Gasteiger partial charge on any atom is 0.333 e. The van der Waals surface area contributed by atoms with Gasteiger partial charge < -0.3 is 10.4 Å². The Morgan fingerprint density at radius 1 is 1.25 bits per heavy atom. The van der Waals surface area contributed by atoms with Crippen molar-refractivity contribution in [2.24, 2.45) is 0 Å². The summed E-state index contributed by atoms with van der Waals surface area (Å²) in [6, 6.07) is 3.11. The van der Waals surface area contributed by atoms with Crippen LogP contribution >= 0.6 is 0 Å². The average Bonchev–Trinajstić information content (AvgIpc) is 2.28. The Hall–Kier alpha value is -2.17. The van der Waals surface area contributed by atoms with Crippen LogP contribution in [0.4, 0.5) is 0 Å². The van der Waals surface area contributed by atoms with Crippen LogP contribution < -0.4 is 5.32 Å². The molecule has 1 aromatic heterocycles. The Bertz CT molecular complexity index is 438. The number of amides is 1. The van der Waals surface area contributed by atoms with Crippen molar-refractivity contribution in [3.05, 3.63) is 41.4 Å². The lowest BCUT2D eigenvalue weighted by Gasteiger charge is -2.06. The molecule has 0 bridgehead atoms. The van der Waals surface area contributed by atoms with Gasteiger partial charge >= 0.3 is 5.97 Å². The van der Waals surface area contributed by atoms with Gasteiger partial charge in [0.15, 0.2) is 0 Å². The summed E-state index contributed by atoms with van der Waals surface area (Å²) in [5.74, 6) is -1.40. The molecule has 0 atom stereocenters. The molecule has 0 saturated heterocycles. The molecule has 84 valence electrons. The number of carboxylic acids is 1. The fourth-order valence-corrected chi connectivity index (χ4v) is 1.000. The zero-order valence-corrected chi connectivity index (χ0v) is 9.02. The second-order valence-electron chi connectivity index (χ2n) is 3.25. The van der Waals surface area contributed by atoms with E-state index in [1.54, 1.807) is 19.1 Å². The van der Waals surface area contributed by atoms with Crippen molar-refractivity contribution in [2.75, 3.05) is 0 Å². The maximum atomic E-state index is 11.6. The van der Waals surface area contributed by atoms with Crippen LogP contribution in [0.2, 0.25) is 0 Å². The number of allylic oxidation sites excluding steroid dienone is 1.